The van der Waals surface area contributed by atoms with Crippen LogP contribution in [0.3, 0.4) is 0 Å². The minimum atomic E-state index is -3.83. The van der Waals surface area contributed by atoms with Crippen LogP contribution in [-0.4, -0.2) is 49.3 Å². The Kier molecular flexibility index (Phi) is 7.62. The second-order valence-corrected chi connectivity index (χ2v) is 10.8. The van der Waals surface area contributed by atoms with Crippen molar-refractivity contribution in [2.75, 3.05) is 25.0 Å². The molecule has 1 aliphatic rings. The number of hydrogen-bond acceptors (Lipinski definition) is 7. The number of ether oxygens (including phenoxy) is 1. The lowest BCUT2D eigenvalue weighted by Crippen LogP contribution is -2.35. The van der Waals surface area contributed by atoms with Crippen molar-refractivity contribution < 1.29 is 22.7 Å². The maximum Gasteiger partial charge on any atom is 0.338 e. The van der Waals surface area contributed by atoms with Crippen LogP contribution in [0.15, 0.2) is 58.8 Å². The van der Waals surface area contributed by atoms with Gasteiger partial charge in [-0.15, -0.1) is 11.3 Å². The van der Waals surface area contributed by atoms with E-state index in [1.807, 2.05) is 35.7 Å². The highest BCUT2D eigenvalue weighted by molar-refractivity contribution is 7.89. The van der Waals surface area contributed by atoms with Gasteiger partial charge in [0.05, 0.1) is 16.3 Å². The first-order chi connectivity index (χ1) is 16.3. The number of carbonyl (C=O) groups excluding carboxylic acids is 2. The van der Waals surface area contributed by atoms with Gasteiger partial charge in [0.15, 0.2) is 11.7 Å². The Hall–Kier alpha value is -2.79. The molecular formula is C23H22ClN3O5S2. The maximum atomic E-state index is 13.0. The number of esters is 1. The van der Waals surface area contributed by atoms with Gasteiger partial charge in [0.25, 0.3) is 5.91 Å². The molecule has 1 saturated heterocycles. The normalized spacial score (nSPS) is 14.5. The summed E-state index contributed by atoms with van der Waals surface area (Å²) in [6.45, 7) is 0.280. The van der Waals surface area contributed by atoms with E-state index in [9.17, 15) is 18.0 Å². The molecule has 0 aliphatic carbocycles. The molecule has 0 radical (unpaired) electrons. The van der Waals surface area contributed by atoms with E-state index in [0.717, 1.165) is 30.5 Å². The molecule has 2 heterocycles. The topological polar surface area (TPSA) is 106 Å². The number of nitrogens with one attached hydrogen (secondary N) is 1. The lowest BCUT2D eigenvalue weighted by molar-refractivity contribution is -0.119. The Bertz CT molecular complexity index is 1290. The van der Waals surface area contributed by atoms with Crippen molar-refractivity contribution >= 4 is 50.0 Å². The Morgan fingerprint density at radius 2 is 1.82 bits per heavy atom. The van der Waals surface area contributed by atoms with Crippen molar-refractivity contribution in [1.82, 2.24) is 9.29 Å². The standard InChI is InChI=1S/C23H22ClN3O5S2/c24-18-10-9-17(13-20(18)34(30,31)27-11-5-2-6-12-27)22(29)32-14-21(28)26-23-25-19(15-33-23)16-7-3-1-4-8-16/h1,3-4,7-10,13,15H,2,5-6,11-12,14H2,(H,25,26,28). The number of nitrogens with zero attached hydrogens (tertiary/aromatic N) is 2. The van der Waals surface area contributed by atoms with E-state index >= 15 is 0 Å². The Morgan fingerprint density at radius 1 is 1.09 bits per heavy atom. The maximum absolute atomic E-state index is 13.0. The van der Waals surface area contributed by atoms with Crippen LogP contribution in [0.25, 0.3) is 11.3 Å². The molecule has 178 valence electrons. The summed E-state index contributed by atoms with van der Waals surface area (Å²) in [6.07, 6.45) is 2.53. The van der Waals surface area contributed by atoms with Crippen LogP contribution in [-0.2, 0) is 19.6 Å². The molecule has 0 spiro atoms. The summed E-state index contributed by atoms with van der Waals surface area (Å²) in [5.74, 6) is -1.39. The predicted octanol–water partition coefficient (Wildman–Crippen LogP) is 4.43. The van der Waals surface area contributed by atoms with Crippen molar-refractivity contribution in [3.63, 3.8) is 0 Å². The third-order valence-electron chi connectivity index (χ3n) is 5.25. The number of rotatable bonds is 7. The van der Waals surface area contributed by atoms with Crippen LogP contribution in [0.5, 0.6) is 0 Å². The summed E-state index contributed by atoms with van der Waals surface area (Å²) in [5, 5.41) is 4.81. The number of aromatic nitrogens is 1. The molecule has 0 unspecified atom stereocenters. The fourth-order valence-electron chi connectivity index (χ4n) is 3.51. The minimum Gasteiger partial charge on any atom is -0.452 e. The average Bonchev–Trinajstić information content (AvgIpc) is 3.32. The monoisotopic (exact) mass is 519 g/mol. The lowest BCUT2D eigenvalue weighted by Gasteiger charge is -2.26. The fourth-order valence-corrected chi connectivity index (χ4v) is 6.27. The first-order valence-corrected chi connectivity index (χ1v) is 13.3. The highest BCUT2D eigenvalue weighted by Crippen LogP contribution is 2.28. The molecule has 1 aliphatic heterocycles. The van der Waals surface area contributed by atoms with Gasteiger partial charge < -0.3 is 4.74 Å². The Morgan fingerprint density at radius 3 is 2.56 bits per heavy atom. The smallest absolute Gasteiger partial charge is 0.338 e. The summed E-state index contributed by atoms with van der Waals surface area (Å²) in [7, 11) is -3.83. The van der Waals surface area contributed by atoms with Crippen LogP contribution in [0.1, 0.15) is 29.6 Å². The molecule has 0 saturated carbocycles. The first kappa shape index (κ1) is 24.3. The highest BCUT2D eigenvalue weighted by Gasteiger charge is 2.29. The van der Waals surface area contributed by atoms with Gasteiger partial charge in [-0.05, 0) is 31.0 Å². The van der Waals surface area contributed by atoms with Crippen molar-refractivity contribution in [3.05, 3.63) is 64.5 Å². The zero-order valence-electron chi connectivity index (χ0n) is 18.1. The van der Waals surface area contributed by atoms with Crippen LogP contribution < -0.4 is 5.32 Å². The van der Waals surface area contributed by atoms with E-state index in [1.165, 1.54) is 33.8 Å². The quantitative estimate of drug-likeness (QED) is 0.463. The van der Waals surface area contributed by atoms with Crippen LogP contribution >= 0.6 is 22.9 Å². The average molecular weight is 520 g/mol. The Labute approximate surface area is 206 Å². The second kappa shape index (κ2) is 10.6. The van der Waals surface area contributed by atoms with Gasteiger partial charge in [-0.1, -0.05) is 48.4 Å². The molecule has 34 heavy (non-hydrogen) atoms. The van der Waals surface area contributed by atoms with Crippen molar-refractivity contribution in [1.29, 1.82) is 0 Å². The second-order valence-electron chi connectivity index (χ2n) is 7.64. The minimum absolute atomic E-state index is 0.00611. The molecule has 0 bridgehead atoms. The molecule has 2 aromatic carbocycles. The molecule has 3 aromatic rings. The number of anilines is 1. The van der Waals surface area contributed by atoms with Gasteiger partial charge in [0, 0.05) is 24.0 Å². The van der Waals surface area contributed by atoms with Gasteiger partial charge in [0.2, 0.25) is 10.0 Å². The van der Waals surface area contributed by atoms with Crippen LogP contribution in [0.2, 0.25) is 5.02 Å². The summed E-state index contributed by atoms with van der Waals surface area (Å²) in [6, 6.07) is 13.4. The van der Waals surface area contributed by atoms with Gasteiger partial charge in [-0.3, -0.25) is 10.1 Å². The fraction of sp³-hybridized carbons (Fsp3) is 0.261. The molecule has 1 N–H and O–H groups in total. The Balaban J connectivity index is 1.38. The molecule has 4 rings (SSSR count). The van der Waals surface area contributed by atoms with E-state index in [-0.39, 0.29) is 15.5 Å². The number of halogens is 1. The SMILES string of the molecule is O=C(COC(=O)c1ccc(Cl)c(S(=O)(=O)N2CCCCC2)c1)Nc1nc(-c2ccccc2)cs1. The first-order valence-electron chi connectivity index (χ1n) is 10.6. The lowest BCUT2D eigenvalue weighted by atomic mass is 10.2. The number of amides is 1. The van der Waals surface area contributed by atoms with E-state index in [1.54, 1.807) is 0 Å². The molecule has 11 heteroatoms. The van der Waals surface area contributed by atoms with Crippen LogP contribution in [0, 0.1) is 0 Å². The number of sulfonamides is 1. The third kappa shape index (κ3) is 5.64. The van der Waals surface area contributed by atoms with Gasteiger partial charge in [-0.2, -0.15) is 4.31 Å². The molecule has 8 nitrogen and oxygen atoms in total. The van der Waals surface area contributed by atoms with E-state index in [4.69, 9.17) is 16.3 Å². The molecule has 1 aromatic heterocycles. The number of thiazole rings is 1. The number of piperidine rings is 1. The molecular weight excluding hydrogens is 498 g/mol. The van der Waals surface area contributed by atoms with E-state index in [0.29, 0.717) is 18.2 Å². The van der Waals surface area contributed by atoms with Crippen molar-refractivity contribution in [3.8, 4) is 11.3 Å². The zero-order chi connectivity index (χ0) is 24.1. The molecule has 1 amide bonds. The summed E-state index contributed by atoms with van der Waals surface area (Å²) < 4.78 is 32.4. The van der Waals surface area contributed by atoms with Crippen LogP contribution in [0.4, 0.5) is 5.13 Å². The predicted molar refractivity (Wildman–Crippen MR) is 131 cm³/mol. The largest absolute Gasteiger partial charge is 0.452 e. The summed E-state index contributed by atoms with van der Waals surface area (Å²) in [5.41, 5.74) is 1.64. The highest BCUT2D eigenvalue weighted by atomic mass is 35.5. The molecule has 0 atom stereocenters. The summed E-state index contributed by atoms with van der Waals surface area (Å²) in [4.78, 5) is 28.9. The number of benzene rings is 2. The number of hydrogen-bond donors (Lipinski definition) is 1. The van der Waals surface area contributed by atoms with Gasteiger partial charge >= 0.3 is 5.97 Å². The summed E-state index contributed by atoms with van der Waals surface area (Å²) >= 11 is 7.39. The molecule has 1 fully saturated rings. The van der Waals surface area contributed by atoms with Gasteiger partial charge in [-0.25, -0.2) is 18.2 Å². The van der Waals surface area contributed by atoms with E-state index < -0.39 is 28.5 Å². The van der Waals surface area contributed by atoms with Gasteiger partial charge in [0.1, 0.15) is 4.90 Å². The van der Waals surface area contributed by atoms with E-state index in [2.05, 4.69) is 10.3 Å². The van der Waals surface area contributed by atoms with Crippen molar-refractivity contribution in [2.45, 2.75) is 24.2 Å². The third-order valence-corrected chi connectivity index (χ3v) is 8.39. The zero-order valence-corrected chi connectivity index (χ0v) is 20.5. The van der Waals surface area contributed by atoms with Crippen molar-refractivity contribution in [2.24, 2.45) is 0 Å². The number of carbonyl (C=O) groups is 2.